The molecule has 1 atom stereocenters. The first-order valence-electron chi connectivity index (χ1n) is 6.29. The number of ether oxygens (including phenoxy) is 2. The fraction of sp³-hybridized carbons (Fsp3) is 1.00. The number of methoxy groups -OCH3 is 1. The van der Waals surface area contributed by atoms with Gasteiger partial charge >= 0.3 is 0 Å². The van der Waals surface area contributed by atoms with Gasteiger partial charge in [-0.05, 0) is 20.3 Å². The molecular weight excluding hydrogens is 204 g/mol. The van der Waals surface area contributed by atoms with Crippen LogP contribution in [0.2, 0.25) is 0 Å². The second-order valence-corrected chi connectivity index (χ2v) is 4.61. The van der Waals surface area contributed by atoms with E-state index in [-0.39, 0.29) is 0 Å². The molecule has 1 aliphatic rings. The third kappa shape index (κ3) is 5.25. The Kier molecular flexibility index (Phi) is 6.96. The van der Waals surface area contributed by atoms with E-state index < -0.39 is 0 Å². The van der Waals surface area contributed by atoms with E-state index in [0.717, 1.165) is 45.8 Å². The summed E-state index contributed by atoms with van der Waals surface area (Å²) in [5.41, 5.74) is 0. The highest BCUT2D eigenvalue weighted by Gasteiger charge is 2.16. The molecule has 16 heavy (non-hydrogen) atoms. The van der Waals surface area contributed by atoms with Gasteiger partial charge in [0, 0.05) is 39.3 Å². The molecule has 0 saturated carbocycles. The maximum Gasteiger partial charge on any atom is 0.0712 e. The van der Waals surface area contributed by atoms with Gasteiger partial charge in [0.15, 0.2) is 0 Å². The SMILES string of the molecule is COCCN(CCC1CNCCO1)C(C)C. The highest BCUT2D eigenvalue weighted by Crippen LogP contribution is 2.06. The van der Waals surface area contributed by atoms with E-state index in [2.05, 4.69) is 24.1 Å². The van der Waals surface area contributed by atoms with E-state index in [9.17, 15) is 0 Å². The van der Waals surface area contributed by atoms with Crippen LogP contribution < -0.4 is 5.32 Å². The van der Waals surface area contributed by atoms with Crippen molar-refractivity contribution >= 4 is 0 Å². The highest BCUT2D eigenvalue weighted by atomic mass is 16.5. The number of nitrogens with zero attached hydrogens (tertiary/aromatic N) is 1. The highest BCUT2D eigenvalue weighted by molar-refractivity contribution is 4.71. The first-order valence-corrected chi connectivity index (χ1v) is 6.29. The van der Waals surface area contributed by atoms with Gasteiger partial charge < -0.3 is 14.8 Å². The van der Waals surface area contributed by atoms with Crippen LogP contribution in [0, 0.1) is 0 Å². The molecule has 1 aliphatic heterocycles. The van der Waals surface area contributed by atoms with Crippen molar-refractivity contribution in [3.63, 3.8) is 0 Å². The minimum absolute atomic E-state index is 0.387. The average Bonchev–Trinajstić information content (AvgIpc) is 2.30. The van der Waals surface area contributed by atoms with E-state index in [0.29, 0.717) is 12.1 Å². The molecule has 0 radical (unpaired) electrons. The molecule has 0 spiro atoms. The van der Waals surface area contributed by atoms with Gasteiger partial charge in [-0.15, -0.1) is 0 Å². The summed E-state index contributed by atoms with van der Waals surface area (Å²) < 4.78 is 10.8. The molecule has 4 nitrogen and oxygen atoms in total. The van der Waals surface area contributed by atoms with E-state index in [4.69, 9.17) is 9.47 Å². The molecule has 0 aromatic rings. The largest absolute Gasteiger partial charge is 0.383 e. The number of hydrogen-bond donors (Lipinski definition) is 1. The molecule has 4 heteroatoms. The summed E-state index contributed by atoms with van der Waals surface area (Å²) in [5.74, 6) is 0. The van der Waals surface area contributed by atoms with Crippen LogP contribution in [0.3, 0.4) is 0 Å². The Morgan fingerprint density at radius 2 is 2.25 bits per heavy atom. The monoisotopic (exact) mass is 230 g/mol. The second kappa shape index (κ2) is 8.01. The predicted octanol–water partition coefficient (Wildman–Crippen LogP) is 0.722. The zero-order chi connectivity index (χ0) is 11.8. The number of nitrogens with one attached hydrogen (secondary N) is 1. The molecule has 0 aliphatic carbocycles. The maximum atomic E-state index is 5.69. The molecule has 1 heterocycles. The van der Waals surface area contributed by atoms with Gasteiger partial charge in [0.1, 0.15) is 0 Å². The van der Waals surface area contributed by atoms with Gasteiger partial charge in [-0.3, -0.25) is 4.90 Å². The lowest BCUT2D eigenvalue weighted by Gasteiger charge is -2.29. The third-order valence-electron chi connectivity index (χ3n) is 3.06. The van der Waals surface area contributed by atoms with Crippen LogP contribution in [-0.2, 0) is 9.47 Å². The molecule has 0 bridgehead atoms. The van der Waals surface area contributed by atoms with Crippen molar-refractivity contribution in [1.29, 1.82) is 0 Å². The van der Waals surface area contributed by atoms with Crippen molar-refractivity contribution in [3.8, 4) is 0 Å². The van der Waals surface area contributed by atoms with Crippen LogP contribution in [0.25, 0.3) is 0 Å². The molecule has 0 aromatic carbocycles. The summed E-state index contributed by atoms with van der Waals surface area (Å²) in [5, 5.41) is 3.36. The molecule has 1 fully saturated rings. The van der Waals surface area contributed by atoms with E-state index in [1.165, 1.54) is 0 Å². The van der Waals surface area contributed by atoms with Crippen LogP contribution in [0.15, 0.2) is 0 Å². The zero-order valence-corrected chi connectivity index (χ0v) is 10.9. The minimum Gasteiger partial charge on any atom is -0.383 e. The first kappa shape index (κ1) is 13.9. The van der Waals surface area contributed by atoms with Gasteiger partial charge in [0.05, 0.1) is 19.3 Å². The molecular formula is C12H26N2O2. The van der Waals surface area contributed by atoms with Crippen molar-refractivity contribution in [2.45, 2.75) is 32.4 Å². The molecule has 1 rings (SSSR count). The smallest absolute Gasteiger partial charge is 0.0712 e. The third-order valence-corrected chi connectivity index (χ3v) is 3.06. The molecule has 1 unspecified atom stereocenters. The Morgan fingerprint density at radius 1 is 1.44 bits per heavy atom. The van der Waals surface area contributed by atoms with E-state index in [1.807, 2.05) is 0 Å². The minimum atomic E-state index is 0.387. The average molecular weight is 230 g/mol. The molecule has 1 N–H and O–H groups in total. The van der Waals surface area contributed by atoms with Gasteiger partial charge in [-0.25, -0.2) is 0 Å². The summed E-state index contributed by atoms with van der Waals surface area (Å²) in [4.78, 5) is 2.45. The maximum absolute atomic E-state index is 5.69. The summed E-state index contributed by atoms with van der Waals surface area (Å²) in [7, 11) is 1.76. The number of morpholine rings is 1. The molecule has 0 amide bonds. The lowest BCUT2D eigenvalue weighted by atomic mass is 10.2. The van der Waals surface area contributed by atoms with Gasteiger partial charge in [-0.1, -0.05) is 0 Å². The normalized spacial score (nSPS) is 21.9. The standard InChI is InChI=1S/C12H26N2O2/c1-11(2)14(7-9-15-3)6-4-12-10-13-5-8-16-12/h11-13H,4-10H2,1-3H3. The Morgan fingerprint density at radius 3 is 2.81 bits per heavy atom. The van der Waals surface area contributed by atoms with E-state index in [1.54, 1.807) is 7.11 Å². The van der Waals surface area contributed by atoms with Crippen LogP contribution in [0.4, 0.5) is 0 Å². The summed E-state index contributed by atoms with van der Waals surface area (Å²) >= 11 is 0. The van der Waals surface area contributed by atoms with Crippen LogP contribution >= 0.6 is 0 Å². The van der Waals surface area contributed by atoms with Gasteiger partial charge in [0.25, 0.3) is 0 Å². The Labute approximate surface area is 99.3 Å². The fourth-order valence-electron chi connectivity index (χ4n) is 1.95. The Hall–Kier alpha value is -0.160. The predicted molar refractivity (Wildman–Crippen MR) is 65.8 cm³/mol. The van der Waals surface area contributed by atoms with Crippen LogP contribution in [-0.4, -0.2) is 63.5 Å². The second-order valence-electron chi connectivity index (χ2n) is 4.61. The van der Waals surface area contributed by atoms with Gasteiger partial charge in [0.2, 0.25) is 0 Å². The summed E-state index contributed by atoms with van der Waals surface area (Å²) in [6.07, 6.45) is 1.49. The topological polar surface area (TPSA) is 33.7 Å². The lowest BCUT2D eigenvalue weighted by molar-refractivity contribution is 0.0135. The van der Waals surface area contributed by atoms with Crippen LogP contribution in [0.1, 0.15) is 20.3 Å². The van der Waals surface area contributed by atoms with Crippen molar-refractivity contribution < 1.29 is 9.47 Å². The van der Waals surface area contributed by atoms with Crippen molar-refractivity contribution in [1.82, 2.24) is 10.2 Å². The molecule has 96 valence electrons. The number of hydrogen-bond acceptors (Lipinski definition) is 4. The number of rotatable bonds is 7. The Balaban J connectivity index is 2.19. The van der Waals surface area contributed by atoms with E-state index >= 15 is 0 Å². The first-order chi connectivity index (χ1) is 7.74. The zero-order valence-electron chi connectivity index (χ0n) is 10.9. The summed E-state index contributed by atoms with van der Waals surface area (Å²) in [6.45, 7) is 10.2. The fourth-order valence-corrected chi connectivity index (χ4v) is 1.95. The van der Waals surface area contributed by atoms with Crippen molar-refractivity contribution in [3.05, 3.63) is 0 Å². The van der Waals surface area contributed by atoms with Crippen molar-refractivity contribution in [2.24, 2.45) is 0 Å². The molecule has 0 aromatic heterocycles. The van der Waals surface area contributed by atoms with Crippen LogP contribution in [0.5, 0.6) is 0 Å². The Bertz CT molecular complexity index is 170. The molecule has 1 saturated heterocycles. The van der Waals surface area contributed by atoms with Crippen molar-refractivity contribution in [2.75, 3.05) is 46.5 Å². The quantitative estimate of drug-likeness (QED) is 0.699. The lowest BCUT2D eigenvalue weighted by Crippen LogP contribution is -2.42. The van der Waals surface area contributed by atoms with Gasteiger partial charge in [-0.2, -0.15) is 0 Å². The summed E-state index contributed by atoms with van der Waals surface area (Å²) in [6, 6.07) is 0.576.